The Morgan fingerprint density at radius 3 is 2.33 bits per heavy atom. The second-order valence-electron chi connectivity index (χ2n) is 6.90. The normalized spacial score (nSPS) is 26.0. The first-order valence-electron chi connectivity index (χ1n) is 7.60. The maximum atomic E-state index is 11.1. The van der Waals surface area contributed by atoms with Crippen LogP contribution in [0, 0.1) is 11.3 Å². The second kappa shape index (κ2) is 7.78. The Balaban J connectivity index is 2.47. The molecule has 21 heavy (non-hydrogen) atoms. The SMILES string of the molecule is CC(=O)OCC(COC1CC(C)CC(C)(C)C1)OC(C)=O. The lowest BCUT2D eigenvalue weighted by atomic mass is 9.71. The zero-order valence-electron chi connectivity index (χ0n) is 13.8. The van der Waals surface area contributed by atoms with E-state index in [1.165, 1.54) is 20.3 Å². The van der Waals surface area contributed by atoms with E-state index in [-0.39, 0.29) is 30.7 Å². The van der Waals surface area contributed by atoms with Gasteiger partial charge in [-0.3, -0.25) is 9.59 Å². The molecule has 5 heteroatoms. The predicted molar refractivity (Wildman–Crippen MR) is 78.7 cm³/mol. The van der Waals surface area contributed by atoms with Crippen LogP contribution < -0.4 is 0 Å². The summed E-state index contributed by atoms with van der Waals surface area (Å²) in [4.78, 5) is 22.0. The fourth-order valence-corrected chi connectivity index (χ4v) is 3.19. The average Bonchev–Trinajstić information content (AvgIpc) is 2.29. The van der Waals surface area contributed by atoms with Crippen molar-refractivity contribution < 1.29 is 23.8 Å². The van der Waals surface area contributed by atoms with Gasteiger partial charge in [-0.1, -0.05) is 20.8 Å². The molecule has 0 bridgehead atoms. The van der Waals surface area contributed by atoms with E-state index < -0.39 is 12.1 Å². The molecule has 0 amide bonds. The van der Waals surface area contributed by atoms with Crippen LogP contribution in [0.4, 0.5) is 0 Å². The number of carbonyl (C=O) groups is 2. The Labute approximate surface area is 127 Å². The number of ether oxygens (including phenoxy) is 3. The quantitative estimate of drug-likeness (QED) is 0.706. The molecule has 3 unspecified atom stereocenters. The fourth-order valence-electron chi connectivity index (χ4n) is 3.19. The van der Waals surface area contributed by atoms with Gasteiger partial charge in [0.1, 0.15) is 6.61 Å². The summed E-state index contributed by atoms with van der Waals surface area (Å²) in [5.41, 5.74) is 0.273. The van der Waals surface area contributed by atoms with E-state index >= 15 is 0 Å². The van der Waals surface area contributed by atoms with Crippen molar-refractivity contribution in [3.8, 4) is 0 Å². The lowest BCUT2D eigenvalue weighted by Crippen LogP contribution is -2.36. The van der Waals surface area contributed by atoms with Gasteiger partial charge >= 0.3 is 11.9 Å². The molecule has 0 radical (unpaired) electrons. The van der Waals surface area contributed by atoms with Gasteiger partial charge in [-0.25, -0.2) is 0 Å². The van der Waals surface area contributed by atoms with Gasteiger partial charge in [0, 0.05) is 13.8 Å². The van der Waals surface area contributed by atoms with Crippen LogP contribution in [-0.4, -0.2) is 37.4 Å². The summed E-state index contributed by atoms with van der Waals surface area (Å²) in [7, 11) is 0. The molecule has 0 heterocycles. The van der Waals surface area contributed by atoms with Gasteiger partial charge in [-0.15, -0.1) is 0 Å². The number of hydrogen-bond donors (Lipinski definition) is 0. The number of rotatable bonds is 6. The van der Waals surface area contributed by atoms with Crippen molar-refractivity contribution in [3.63, 3.8) is 0 Å². The van der Waals surface area contributed by atoms with Crippen molar-refractivity contribution in [1.29, 1.82) is 0 Å². The van der Waals surface area contributed by atoms with E-state index in [1.54, 1.807) is 0 Å². The highest BCUT2D eigenvalue weighted by molar-refractivity contribution is 5.67. The van der Waals surface area contributed by atoms with Crippen LogP contribution >= 0.6 is 0 Å². The summed E-state index contributed by atoms with van der Waals surface area (Å²) in [5, 5.41) is 0. The molecule has 1 aliphatic rings. The first-order chi connectivity index (χ1) is 9.68. The van der Waals surface area contributed by atoms with Crippen LogP contribution in [0.3, 0.4) is 0 Å². The first kappa shape index (κ1) is 18.0. The highest BCUT2D eigenvalue weighted by Crippen LogP contribution is 2.39. The molecule has 1 aliphatic carbocycles. The third kappa shape index (κ3) is 7.46. The Bertz CT molecular complexity index is 364. The van der Waals surface area contributed by atoms with Crippen LogP contribution in [0.25, 0.3) is 0 Å². The minimum absolute atomic E-state index is 0.0422. The molecular formula is C16H28O5. The van der Waals surface area contributed by atoms with Gasteiger partial charge in [0.05, 0.1) is 12.7 Å². The predicted octanol–water partition coefficient (Wildman–Crippen LogP) is 2.71. The number of hydrogen-bond acceptors (Lipinski definition) is 5. The second-order valence-corrected chi connectivity index (χ2v) is 6.90. The largest absolute Gasteiger partial charge is 0.462 e. The Hall–Kier alpha value is -1.10. The van der Waals surface area contributed by atoms with Crippen LogP contribution in [-0.2, 0) is 23.8 Å². The summed E-state index contributed by atoms with van der Waals surface area (Å²) in [5.74, 6) is -0.160. The van der Waals surface area contributed by atoms with Gasteiger partial charge in [0.2, 0.25) is 0 Å². The van der Waals surface area contributed by atoms with Crippen LogP contribution in [0.2, 0.25) is 0 Å². The topological polar surface area (TPSA) is 61.8 Å². The molecular weight excluding hydrogens is 272 g/mol. The van der Waals surface area contributed by atoms with Gasteiger partial charge in [-0.2, -0.15) is 0 Å². The Morgan fingerprint density at radius 1 is 1.14 bits per heavy atom. The molecule has 1 fully saturated rings. The molecule has 0 spiro atoms. The first-order valence-corrected chi connectivity index (χ1v) is 7.60. The van der Waals surface area contributed by atoms with Crippen molar-refractivity contribution in [2.24, 2.45) is 11.3 Å². The average molecular weight is 300 g/mol. The van der Waals surface area contributed by atoms with Crippen LogP contribution in [0.15, 0.2) is 0 Å². The van der Waals surface area contributed by atoms with E-state index in [2.05, 4.69) is 20.8 Å². The standard InChI is InChI=1S/C16H28O5/c1-11-6-14(8-16(4,5)7-11)20-10-15(21-13(3)18)9-19-12(2)17/h11,14-15H,6-10H2,1-5H3. The van der Waals surface area contributed by atoms with Crippen molar-refractivity contribution in [3.05, 3.63) is 0 Å². The van der Waals surface area contributed by atoms with Gasteiger partial charge in [0.15, 0.2) is 6.10 Å². The van der Waals surface area contributed by atoms with Crippen molar-refractivity contribution in [1.82, 2.24) is 0 Å². The van der Waals surface area contributed by atoms with Gasteiger partial charge < -0.3 is 14.2 Å². The fraction of sp³-hybridized carbons (Fsp3) is 0.875. The number of carbonyl (C=O) groups excluding carboxylic acids is 2. The number of esters is 2. The zero-order chi connectivity index (χ0) is 16.0. The van der Waals surface area contributed by atoms with E-state index in [1.807, 2.05) is 0 Å². The molecule has 0 saturated heterocycles. The Morgan fingerprint density at radius 2 is 1.81 bits per heavy atom. The van der Waals surface area contributed by atoms with E-state index in [9.17, 15) is 9.59 Å². The minimum Gasteiger partial charge on any atom is -0.462 e. The van der Waals surface area contributed by atoms with Gasteiger partial charge in [-0.05, 0) is 30.6 Å². The summed E-state index contributed by atoms with van der Waals surface area (Å²) in [6.45, 7) is 9.72. The van der Waals surface area contributed by atoms with Crippen LogP contribution in [0.5, 0.6) is 0 Å². The molecule has 1 rings (SSSR count). The van der Waals surface area contributed by atoms with Gasteiger partial charge in [0.25, 0.3) is 0 Å². The molecule has 5 nitrogen and oxygen atoms in total. The van der Waals surface area contributed by atoms with Crippen molar-refractivity contribution in [2.45, 2.75) is 66.1 Å². The summed E-state index contributed by atoms with van der Waals surface area (Å²) in [6, 6.07) is 0. The lowest BCUT2D eigenvalue weighted by Gasteiger charge is -2.39. The molecule has 0 aliphatic heterocycles. The third-order valence-electron chi connectivity index (χ3n) is 3.67. The molecule has 122 valence electrons. The maximum absolute atomic E-state index is 11.1. The highest BCUT2D eigenvalue weighted by atomic mass is 16.6. The monoisotopic (exact) mass is 300 g/mol. The molecule has 1 saturated carbocycles. The minimum atomic E-state index is -0.535. The summed E-state index contributed by atoms with van der Waals surface area (Å²) in [6.07, 6.45) is 2.85. The van der Waals surface area contributed by atoms with E-state index in [0.29, 0.717) is 5.92 Å². The van der Waals surface area contributed by atoms with Crippen molar-refractivity contribution >= 4 is 11.9 Å². The molecule has 0 N–H and O–H groups in total. The Kier molecular flexibility index (Phi) is 6.65. The maximum Gasteiger partial charge on any atom is 0.303 e. The lowest BCUT2D eigenvalue weighted by molar-refractivity contribution is -0.162. The van der Waals surface area contributed by atoms with E-state index in [0.717, 1.165) is 12.8 Å². The zero-order valence-corrected chi connectivity index (χ0v) is 13.8. The van der Waals surface area contributed by atoms with Crippen LogP contribution in [0.1, 0.15) is 53.9 Å². The van der Waals surface area contributed by atoms with E-state index in [4.69, 9.17) is 14.2 Å². The molecule has 0 aromatic rings. The molecule has 0 aromatic heterocycles. The summed E-state index contributed by atoms with van der Waals surface area (Å²) >= 11 is 0. The summed E-state index contributed by atoms with van der Waals surface area (Å²) < 4.78 is 16.0. The smallest absolute Gasteiger partial charge is 0.303 e. The molecule has 0 aromatic carbocycles. The highest BCUT2D eigenvalue weighted by Gasteiger charge is 2.33. The molecule has 3 atom stereocenters. The third-order valence-corrected chi connectivity index (χ3v) is 3.67. The van der Waals surface area contributed by atoms with Crippen molar-refractivity contribution in [2.75, 3.05) is 13.2 Å².